The molecule has 2 aromatic heterocycles. The summed E-state index contributed by atoms with van der Waals surface area (Å²) in [5.41, 5.74) is 5.75. The van der Waals surface area contributed by atoms with E-state index in [4.69, 9.17) is 9.84 Å². The lowest BCUT2D eigenvalue weighted by Gasteiger charge is -2.10. The lowest BCUT2D eigenvalue weighted by atomic mass is 10.0. The summed E-state index contributed by atoms with van der Waals surface area (Å²) in [6.45, 7) is 0. The van der Waals surface area contributed by atoms with Crippen LogP contribution < -0.4 is 0 Å². The SMILES string of the molecule is COC(=O)c1ccc(-c2cnn3c(-c4ccccc4)cc4ccccc4c23)cc1. The predicted octanol–water partition coefficient (Wildman–Crippen LogP) is 5.61. The van der Waals surface area contributed by atoms with Crippen molar-refractivity contribution in [2.75, 3.05) is 7.11 Å². The molecule has 140 valence electrons. The van der Waals surface area contributed by atoms with Crippen LogP contribution in [0.4, 0.5) is 0 Å². The number of ether oxygens (including phenoxy) is 1. The fourth-order valence-corrected chi connectivity index (χ4v) is 3.77. The van der Waals surface area contributed by atoms with Gasteiger partial charge in [0.2, 0.25) is 0 Å². The van der Waals surface area contributed by atoms with Crippen LogP contribution in [0.3, 0.4) is 0 Å². The molecule has 4 nitrogen and oxygen atoms in total. The number of esters is 1. The summed E-state index contributed by atoms with van der Waals surface area (Å²) in [5, 5.41) is 7.02. The first-order valence-electron chi connectivity index (χ1n) is 9.40. The summed E-state index contributed by atoms with van der Waals surface area (Å²) >= 11 is 0. The third-order valence-corrected chi connectivity index (χ3v) is 5.19. The molecule has 2 heterocycles. The Labute approximate surface area is 168 Å². The fraction of sp³-hybridized carbons (Fsp3) is 0.0400. The Hall–Kier alpha value is -3.92. The van der Waals surface area contributed by atoms with Crippen molar-refractivity contribution in [2.24, 2.45) is 0 Å². The van der Waals surface area contributed by atoms with E-state index in [0.29, 0.717) is 5.56 Å². The highest BCUT2D eigenvalue weighted by molar-refractivity contribution is 6.05. The van der Waals surface area contributed by atoms with Gasteiger partial charge < -0.3 is 4.74 Å². The summed E-state index contributed by atoms with van der Waals surface area (Å²) in [7, 11) is 1.39. The largest absolute Gasteiger partial charge is 0.465 e. The first-order valence-corrected chi connectivity index (χ1v) is 9.40. The van der Waals surface area contributed by atoms with Crippen LogP contribution >= 0.6 is 0 Å². The van der Waals surface area contributed by atoms with Crippen LogP contribution in [-0.4, -0.2) is 22.7 Å². The Morgan fingerprint density at radius 1 is 0.862 bits per heavy atom. The van der Waals surface area contributed by atoms with E-state index in [1.807, 2.05) is 47.1 Å². The van der Waals surface area contributed by atoms with Crippen LogP contribution in [0.25, 0.3) is 38.7 Å². The van der Waals surface area contributed by atoms with Gasteiger partial charge >= 0.3 is 5.97 Å². The van der Waals surface area contributed by atoms with Gasteiger partial charge in [0, 0.05) is 16.5 Å². The predicted molar refractivity (Wildman–Crippen MR) is 115 cm³/mol. The third kappa shape index (κ3) is 2.86. The fourth-order valence-electron chi connectivity index (χ4n) is 3.77. The highest BCUT2D eigenvalue weighted by atomic mass is 16.5. The zero-order valence-corrected chi connectivity index (χ0v) is 15.9. The molecule has 0 unspecified atom stereocenters. The Kier molecular flexibility index (Phi) is 4.10. The molecule has 0 aliphatic carbocycles. The number of hydrogen-bond donors (Lipinski definition) is 0. The first-order chi connectivity index (χ1) is 14.3. The Bertz CT molecular complexity index is 1340. The van der Waals surface area contributed by atoms with Gasteiger partial charge in [0.05, 0.1) is 30.1 Å². The molecule has 0 aliphatic rings. The lowest BCUT2D eigenvalue weighted by Crippen LogP contribution is -2.00. The molecule has 0 saturated carbocycles. The van der Waals surface area contributed by atoms with Crippen LogP contribution in [-0.2, 0) is 4.74 Å². The molecule has 5 rings (SSSR count). The zero-order chi connectivity index (χ0) is 19.8. The van der Waals surface area contributed by atoms with Crippen molar-refractivity contribution in [3.8, 4) is 22.4 Å². The number of hydrogen-bond acceptors (Lipinski definition) is 3. The minimum Gasteiger partial charge on any atom is -0.465 e. The zero-order valence-electron chi connectivity index (χ0n) is 15.9. The molecule has 0 saturated heterocycles. The maximum absolute atomic E-state index is 11.8. The Morgan fingerprint density at radius 2 is 1.59 bits per heavy atom. The van der Waals surface area contributed by atoms with E-state index in [0.717, 1.165) is 38.7 Å². The second-order valence-corrected chi connectivity index (χ2v) is 6.87. The maximum atomic E-state index is 11.8. The van der Waals surface area contributed by atoms with Gasteiger partial charge in [0.15, 0.2) is 0 Å². The molecule has 29 heavy (non-hydrogen) atoms. The van der Waals surface area contributed by atoms with Crippen molar-refractivity contribution in [1.82, 2.24) is 9.61 Å². The normalized spacial score (nSPS) is 11.1. The number of fused-ring (bicyclic) bond motifs is 3. The highest BCUT2D eigenvalue weighted by Gasteiger charge is 2.15. The van der Waals surface area contributed by atoms with Gasteiger partial charge in [-0.15, -0.1) is 0 Å². The van der Waals surface area contributed by atoms with Gasteiger partial charge in [-0.05, 0) is 29.1 Å². The summed E-state index contributed by atoms with van der Waals surface area (Å²) in [5.74, 6) is -0.340. The van der Waals surface area contributed by atoms with Crippen molar-refractivity contribution < 1.29 is 9.53 Å². The molecule has 4 heteroatoms. The van der Waals surface area contributed by atoms with Crippen molar-refractivity contribution in [3.05, 3.63) is 96.7 Å². The molecule has 5 aromatic rings. The van der Waals surface area contributed by atoms with E-state index >= 15 is 0 Å². The van der Waals surface area contributed by atoms with Crippen LogP contribution in [0, 0.1) is 0 Å². The van der Waals surface area contributed by atoms with Crippen LogP contribution in [0.2, 0.25) is 0 Å². The van der Waals surface area contributed by atoms with Crippen molar-refractivity contribution in [1.29, 1.82) is 0 Å². The molecule has 0 spiro atoms. The number of aromatic nitrogens is 2. The molecule has 0 amide bonds. The lowest BCUT2D eigenvalue weighted by molar-refractivity contribution is 0.0601. The summed E-state index contributed by atoms with van der Waals surface area (Å²) in [6, 6.07) is 28.2. The number of carbonyl (C=O) groups is 1. The third-order valence-electron chi connectivity index (χ3n) is 5.19. The Morgan fingerprint density at radius 3 is 2.34 bits per heavy atom. The van der Waals surface area contributed by atoms with E-state index in [9.17, 15) is 4.79 Å². The van der Waals surface area contributed by atoms with E-state index in [2.05, 4.69) is 36.4 Å². The van der Waals surface area contributed by atoms with E-state index in [1.165, 1.54) is 7.11 Å². The summed E-state index contributed by atoms with van der Waals surface area (Å²) in [4.78, 5) is 11.8. The average Bonchev–Trinajstić information content (AvgIpc) is 3.24. The minimum atomic E-state index is -0.340. The molecule has 0 radical (unpaired) electrons. The number of pyridine rings is 1. The molecule has 0 N–H and O–H groups in total. The molecular formula is C25H18N2O2. The van der Waals surface area contributed by atoms with Gasteiger partial charge in [0.25, 0.3) is 0 Å². The van der Waals surface area contributed by atoms with Crippen LogP contribution in [0.1, 0.15) is 10.4 Å². The van der Waals surface area contributed by atoms with Gasteiger partial charge in [-0.25, -0.2) is 9.31 Å². The van der Waals surface area contributed by atoms with E-state index in [-0.39, 0.29) is 5.97 Å². The topological polar surface area (TPSA) is 43.6 Å². The van der Waals surface area contributed by atoms with Crippen molar-refractivity contribution in [2.45, 2.75) is 0 Å². The molecule has 0 atom stereocenters. The summed E-state index contributed by atoms with van der Waals surface area (Å²) in [6.07, 6.45) is 1.89. The molecule has 0 aliphatic heterocycles. The molecule has 0 fully saturated rings. The quantitative estimate of drug-likeness (QED) is 0.383. The van der Waals surface area contributed by atoms with Crippen molar-refractivity contribution >= 4 is 22.3 Å². The Balaban J connectivity index is 1.78. The monoisotopic (exact) mass is 378 g/mol. The number of nitrogens with zero attached hydrogens (tertiary/aromatic N) is 2. The van der Waals surface area contributed by atoms with Gasteiger partial charge in [-0.2, -0.15) is 5.10 Å². The average molecular weight is 378 g/mol. The number of benzene rings is 3. The number of rotatable bonds is 3. The van der Waals surface area contributed by atoms with Crippen molar-refractivity contribution in [3.63, 3.8) is 0 Å². The van der Waals surface area contributed by atoms with E-state index in [1.54, 1.807) is 12.1 Å². The smallest absolute Gasteiger partial charge is 0.337 e. The summed E-state index contributed by atoms with van der Waals surface area (Å²) < 4.78 is 6.81. The highest BCUT2D eigenvalue weighted by Crippen LogP contribution is 2.34. The number of carbonyl (C=O) groups excluding carboxylic acids is 1. The minimum absolute atomic E-state index is 0.340. The second kappa shape index (κ2) is 6.91. The standard InChI is InChI=1S/C25H18N2O2/c1-29-25(28)19-13-11-17(12-14-19)22-16-26-27-23(18-7-3-2-4-8-18)15-20-9-5-6-10-21(20)24(22)27/h2-16H,1H3. The van der Waals surface area contributed by atoms with Crippen LogP contribution in [0.15, 0.2) is 91.1 Å². The maximum Gasteiger partial charge on any atom is 0.337 e. The van der Waals surface area contributed by atoms with E-state index < -0.39 is 0 Å². The molecule has 3 aromatic carbocycles. The van der Waals surface area contributed by atoms with Crippen LogP contribution in [0.5, 0.6) is 0 Å². The molecular weight excluding hydrogens is 360 g/mol. The molecule has 0 bridgehead atoms. The first kappa shape index (κ1) is 17.2. The van der Waals surface area contributed by atoms with Gasteiger partial charge in [-0.1, -0.05) is 66.7 Å². The van der Waals surface area contributed by atoms with Gasteiger partial charge in [-0.3, -0.25) is 0 Å². The number of methoxy groups -OCH3 is 1. The second-order valence-electron chi connectivity index (χ2n) is 6.87. The van der Waals surface area contributed by atoms with Gasteiger partial charge in [0.1, 0.15) is 0 Å².